The fourth-order valence-electron chi connectivity index (χ4n) is 1.77. The van der Waals surface area contributed by atoms with Gasteiger partial charge < -0.3 is 4.90 Å². The number of urea groups is 1. The molecule has 18 heavy (non-hydrogen) atoms. The lowest BCUT2D eigenvalue weighted by Crippen LogP contribution is -2.36. The zero-order valence-electron chi connectivity index (χ0n) is 10.5. The number of hydrogen-bond donors (Lipinski definition) is 1. The molecule has 1 aromatic rings. The monoisotopic (exact) mass is 287 g/mol. The highest BCUT2D eigenvalue weighted by molar-refractivity contribution is 7.85. The van der Waals surface area contributed by atoms with Crippen molar-refractivity contribution in [2.45, 2.75) is 25.5 Å². The summed E-state index contributed by atoms with van der Waals surface area (Å²) in [4.78, 5) is 17.9. The lowest BCUT2D eigenvalue weighted by atomic mass is 10.3. The van der Waals surface area contributed by atoms with Crippen molar-refractivity contribution in [2.24, 2.45) is 0 Å². The molecule has 0 unspecified atom stereocenters. The molecule has 0 aromatic carbocycles. The van der Waals surface area contributed by atoms with Gasteiger partial charge in [0.15, 0.2) is 5.13 Å². The van der Waals surface area contributed by atoms with Crippen LogP contribution in [0.2, 0.25) is 0 Å². The molecule has 2 atom stereocenters. The summed E-state index contributed by atoms with van der Waals surface area (Å²) in [7, 11) is -0.817. The molecule has 1 saturated heterocycles. The van der Waals surface area contributed by atoms with E-state index in [-0.39, 0.29) is 11.3 Å². The van der Waals surface area contributed by atoms with Crippen LogP contribution in [0.15, 0.2) is 5.38 Å². The van der Waals surface area contributed by atoms with Gasteiger partial charge in [0.05, 0.1) is 5.69 Å². The van der Waals surface area contributed by atoms with Gasteiger partial charge in [0.2, 0.25) is 0 Å². The number of amides is 2. The average molecular weight is 287 g/mol. The van der Waals surface area contributed by atoms with Crippen LogP contribution in [0.3, 0.4) is 0 Å². The SMILES string of the molecule is Cc1csc(NC(=O)N2CC[C@H](C)[S@](=O)CC2)n1. The number of hydrogen-bond acceptors (Lipinski definition) is 4. The second kappa shape index (κ2) is 5.79. The highest BCUT2D eigenvalue weighted by Gasteiger charge is 2.22. The molecule has 2 rings (SSSR count). The Morgan fingerprint density at radius 3 is 3.06 bits per heavy atom. The van der Waals surface area contributed by atoms with Gasteiger partial charge in [0.25, 0.3) is 0 Å². The minimum atomic E-state index is -0.817. The Labute approximate surface area is 113 Å². The molecule has 1 N–H and O–H groups in total. The van der Waals surface area contributed by atoms with Gasteiger partial charge in [0, 0.05) is 40.3 Å². The van der Waals surface area contributed by atoms with Crippen molar-refractivity contribution in [1.82, 2.24) is 9.88 Å². The van der Waals surface area contributed by atoms with Gasteiger partial charge in [-0.1, -0.05) is 6.92 Å². The van der Waals surface area contributed by atoms with E-state index in [1.165, 1.54) is 11.3 Å². The van der Waals surface area contributed by atoms with E-state index in [1.807, 2.05) is 19.2 Å². The first-order valence-corrected chi connectivity index (χ1v) is 8.17. The van der Waals surface area contributed by atoms with Crippen LogP contribution < -0.4 is 5.32 Å². The van der Waals surface area contributed by atoms with Crippen LogP contribution in [0.25, 0.3) is 0 Å². The van der Waals surface area contributed by atoms with E-state index in [4.69, 9.17) is 0 Å². The van der Waals surface area contributed by atoms with Gasteiger partial charge >= 0.3 is 6.03 Å². The van der Waals surface area contributed by atoms with Crippen molar-refractivity contribution in [2.75, 3.05) is 24.2 Å². The van der Waals surface area contributed by atoms with E-state index in [1.54, 1.807) is 4.90 Å². The van der Waals surface area contributed by atoms with Crippen LogP contribution in [0, 0.1) is 6.92 Å². The number of carbonyl (C=O) groups excluding carboxylic acids is 1. The van der Waals surface area contributed by atoms with E-state index >= 15 is 0 Å². The summed E-state index contributed by atoms with van der Waals surface area (Å²) in [5, 5.41) is 5.48. The quantitative estimate of drug-likeness (QED) is 0.857. The van der Waals surface area contributed by atoms with Crippen molar-refractivity contribution >= 4 is 33.3 Å². The number of anilines is 1. The maximum atomic E-state index is 12.0. The first kappa shape index (κ1) is 13.5. The maximum absolute atomic E-state index is 12.0. The third-order valence-corrected chi connectivity index (χ3v) is 5.53. The zero-order chi connectivity index (χ0) is 13.1. The second-order valence-electron chi connectivity index (χ2n) is 4.40. The summed E-state index contributed by atoms with van der Waals surface area (Å²) in [6.45, 7) is 5.07. The molecule has 0 radical (unpaired) electrons. The van der Waals surface area contributed by atoms with Crippen molar-refractivity contribution in [3.8, 4) is 0 Å². The third-order valence-electron chi connectivity index (χ3n) is 2.94. The Kier molecular flexibility index (Phi) is 4.34. The molecule has 0 bridgehead atoms. The molecule has 0 saturated carbocycles. The second-order valence-corrected chi connectivity index (χ2v) is 7.23. The van der Waals surface area contributed by atoms with Crippen LogP contribution in [0.5, 0.6) is 0 Å². The van der Waals surface area contributed by atoms with E-state index in [2.05, 4.69) is 10.3 Å². The van der Waals surface area contributed by atoms with Gasteiger partial charge in [-0.25, -0.2) is 9.78 Å². The van der Waals surface area contributed by atoms with Gasteiger partial charge in [-0.15, -0.1) is 11.3 Å². The predicted molar refractivity (Wildman–Crippen MR) is 74.5 cm³/mol. The highest BCUT2D eigenvalue weighted by atomic mass is 32.2. The molecular formula is C11H17N3O2S2. The Morgan fingerprint density at radius 1 is 1.61 bits per heavy atom. The summed E-state index contributed by atoms with van der Waals surface area (Å²) in [6, 6.07) is -0.143. The van der Waals surface area contributed by atoms with E-state index < -0.39 is 10.8 Å². The highest BCUT2D eigenvalue weighted by Crippen LogP contribution is 2.16. The van der Waals surface area contributed by atoms with Crippen LogP contribution in [-0.2, 0) is 10.8 Å². The third kappa shape index (κ3) is 3.29. The van der Waals surface area contributed by atoms with Crippen molar-refractivity contribution in [3.63, 3.8) is 0 Å². The first-order valence-electron chi connectivity index (χ1n) is 5.91. The van der Waals surface area contributed by atoms with E-state index in [0.29, 0.717) is 24.0 Å². The van der Waals surface area contributed by atoms with Crippen molar-refractivity contribution < 1.29 is 9.00 Å². The Hall–Kier alpha value is -0.950. The van der Waals surface area contributed by atoms with Gasteiger partial charge in [0.1, 0.15) is 0 Å². The molecule has 7 heteroatoms. The number of carbonyl (C=O) groups is 1. The van der Waals surface area contributed by atoms with Crippen LogP contribution >= 0.6 is 11.3 Å². The van der Waals surface area contributed by atoms with E-state index in [9.17, 15) is 9.00 Å². The molecule has 2 heterocycles. The molecule has 5 nitrogen and oxygen atoms in total. The first-order chi connectivity index (χ1) is 8.56. The number of nitrogens with one attached hydrogen (secondary N) is 1. The minimum absolute atomic E-state index is 0.143. The molecular weight excluding hydrogens is 270 g/mol. The van der Waals surface area contributed by atoms with Crippen LogP contribution in [-0.4, -0.2) is 44.2 Å². The standard InChI is InChI=1S/C11H17N3O2S2/c1-8-7-17-10(12-8)13-11(15)14-4-3-9(2)18(16)6-5-14/h7,9H,3-6H2,1-2H3,(H,12,13,15)/t9-,18+/m0/s1. The summed E-state index contributed by atoms with van der Waals surface area (Å²) in [5.74, 6) is 0.561. The number of rotatable bonds is 1. The maximum Gasteiger partial charge on any atom is 0.323 e. The molecule has 100 valence electrons. The fourth-order valence-corrected chi connectivity index (χ4v) is 3.62. The molecule has 1 fully saturated rings. The molecule has 1 aliphatic rings. The van der Waals surface area contributed by atoms with Crippen LogP contribution in [0.1, 0.15) is 19.0 Å². The lowest BCUT2D eigenvalue weighted by molar-refractivity contribution is 0.215. The number of aryl methyl sites for hydroxylation is 1. The number of aromatic nitrogens is 1. The smallest absolute Gasteiger partial charge is 0.323 e. The summed E-state index contributed by atoms with van der Waals surface area (Å²) in [5.41, 5.74) is 0.904. The van der Waals surface area contributed by atoms with E-state index in [0.717, 1.165) is 12.1 Å². The fraction of sp³-hybridized carbons (Fsp3) is 0.636. The molecule has 2 amide bonds. The summed E-state index contributed by atoms with van der Waals surface area (Å²) in [6.07, 6.45) is 0.789. The normalized spacial score (nSPS) is 24.7. The van der Waals surface area contributed by atoms with Gasteiger partial charge in [-0.3, -0.25) is 9.53 Å². The summed E-state index contributed by atoms with van der Waals surface area (Å²) < 4.78 is 11.7. The molecule has 0 aliphatic carbocycles. The van der Waals surface area contributed by atoms with Gasteiger partial charge in [-0.05, 0) is 13.3 Å². The number of thiazole rings is 1. The predicted octanol–water partition coefficient (Wildman–Crippen LogP) is 1.83. The van der Waals surface area contributed by atoms with Gasteiger partial charge in [-0.2, -0.15) is 0 Å². The zero-order valence-corrected chi connectivity index (χ0v) is 12.1. The lowest BCUT2D eigenvalue weighted by Gasteiger charge is -2.19. The number of nitrogens with zero attached hydrogens (tertiary/aromatic N) is 2. The molecule has 0 spiro atoms. The topological polar surface area (TPSA) is 62.3 Å². The average Bonchev–Trinajstić information content (AvgIpc) is 2.65. The minimum Gasteiger partial charge on any atom is -0.324 e. The molecule has 1 aliphatic heterocycles. The summed E-state index contributed by atoms with van der Waals surface area (Å²) >= 11 is 1.42. The Morgan fingerprint density at radius 2 is 2.39 bits per heavy atom. The Balaban J connectivity index is 1.95. The molecule has 1 aromatic heterocycles. The largest absolute Gasteiger partial charge is 0.324 e. The Bertz CT molecular complexity index is 461. The van der Waals surface area contributed by atoms with Crippen molar-refractivity contribution in [1.29, 1.82) is 0 Å². The van der Waals surface area contributed by atoms with Crippen molar-refractivity contribution in [3.05, 3.63) is 11.1 Å². The van der Waals surface area contributed by atoms with Crippen LogP contribution in [0.4, 0.5) is 9.93 Å².